The van der Waals surface area contributed by atoms with Crippen LogP contribution in [0.2, 0.25) is 0 Å². The molecule has 0 saturated carbocycles. The highest BCUT2D eigenvalue weighted by Gasteiger charge is 2.30. The Morgan fingerprint density at radius 2 is 1.80 bits per heavy atom. The minimum absolute atomic E-state index is 0.0762. The SMILES string of the molecule is Nc1ccc(N(C(=O)C2CCn3ccnc3C2)c2ccccc2)cc1. The number of rotatable bonds is 3. The van der Waals surface area contributed by atoms with Gasteiger partial charge in [-0.25, -0.2) is 4.98 Å². The summed E-state index contributed by atoms with van der Waals surface area (Å²) in [7, 11) is 0. The molecule has 0 radical (unpaired) electrons. The Morgan fingerprint density at radius 1 is 1.08 bits per heavy atom. The van der Waals surface area contributed by atoms with Gasteiger partial charge >= 0.3 is 0 Å². The number of hydrogen-bond acceptors (Lipinski definition) is 3. The van der Waals surface area contributed by atoms with E-state index in [1.54, 1.807) is 11.1 Å². The standard InChI is InChI=1S/C20H20N4O/c21-16-6-8-18(9-7-16)24(17-4-2-1-3-5-17)20(25)15-10-12-23-13-11-22-19(23)14-15/h1-9,11,13,15H,10,12,14,21H2. The van der Waals surface area contributed by atoms with Crippen LogP contribution in [-0.4, -0.2) is 15.5 Å². The molecule has 1 aliphatic heterocycles. The van der Waals surface area contributed by atoms with E-state index in [1.165, 1.54) is 0 Å². The van der Waals surface area contributed by atoms with Gasteiger partial charge in [-0.3, -0.25) is 9.69 Å². The van der Waals surface area contributed by atoms with E-state index >= 15 is 0 Å². The second-order valence-electron chi connectivity index (χ2n) is 6.33. The highest BCUT2D eigenvalue weighted by Crippen LogP contribution is 2.31. The Morgan fingerprint density at radius 3 is 2.56 bits per heavy atom. The maximum atomic E-state index is 13.4. The number of imidazole rings is 1. The molecule has 2 heterocycles. The zero-order valence-electron chi connectivity index (χ0n) is 13.9. The van der Waals surface area contributed by atoms with Gasteiger partial charge in [0.1, 0.15) is 5.82 Å². The van der Waals surface area contributed by atoms with Crippen molar-refractivity contribution in [2.75, 3.05) is 10.6 Å². The van der Waals surface area contributed by atoms with Crippen molar-refractivity contribution in [3.05, 3.63) is 72.8 Å². The van der Waals surface area contributed by atoms with Crippen LogP contribution in [0, 0.1) is 5.92 Å². The monoisotopic (exact) mass is 332 g/mol. The lowest BCUT2D eigenvalue weighted by atomic mass is 9.95. The van der Waals surface area contributed by atoms with E-state index in [0.29, 0.717) is 12.1 Å². The van der Waals surface area contributed by atoms with Crippen LogP contribution in [0.4, 0.5) is 17.1 Å². The number of hydrogen-bond donors (Lipinski definition) is 1. The molecule has 0 bridgehead atoms. The Labute approximate surface area is 146 Å². The first-order valence-corrected chi connectivity index (χ1v) is 8.47. The molecule has 3 aromatic rings. The number of nitrogens with zero attached hydrogens (tertiary/aromatic N) is 3. The number of aryl methyl sites for hydroxylation is 1. The molecule has 25 heavy (non-hydrogen) atoms. The minimum atomic E-state index is -0.0762. The maximum absolute atomic E-state index is 13.4. The van der Waals surface area contributed by atoms with E-state index < -0.39 is 0 Å². The summed E-state index contributed by atoms with van der Waals surface area (Å²) in [5, 5.41) is 0. The number of nitrogens with two attached hydrogens (primary N) is 1. The fourth-order valence-corrected chi connectivity index (χ4v) is 3.35. The van der Waals surface area contributed by atoms with E-state index in [1.807, 2.05) is 60.8 Å². The van der Waals surface area contributed by atoms with Crippen molar-refractivity contribution in [1.29, 1.82) is 0 Å². The number of carbonyl (C=O) groups excluding carboxylic acids is 1. The fraction of sp³-hybridized carbons (Fsp3) is 0.200. The summed E-state index contributed by atoms with van der Waals surface area (Å²) in [5.41, 5.74) is 8.19. The van der Waals surface area contributed by atoms with Crippen molar-refractivity contribution in [3.8, 4) is 0 Å². The maximum Gasteiger partial charge on any atom is 0.235 e. The average molecular weight is 332 g/mol. The number of fused-ring (bicyclic) bond motifs is 1. The second-order valence-corrected chi connectivity index (χ2v) is 6.33. The third kappa shape index (κ3) is 3.01. The van der Waals surface area contributed by atoms with Crippen LogP contribution in [0.5, 0.6) is 0 Å². The normalized spacial score (nSPS) is 16.2. The van der Waals surface area contributed by atoms with Crippen molar-refractivity contribution in [1.82, 2.24) is 9.55 Å². The summed E-state index contributed by atoms with van der Waals surface area (Å²) in [6.45, 7) is 0.829. The van der Waals surface area contributed by atoms with Crippen molar-refractivity contribution in [2.45, 2.75) is 19.4 Å². The van der Waals surface area contributed by atoms with Gasteiger partial charge in [0.25, 0.3) is 0 Å². The highest BCUT2D eigenvalue weighted by atomic mass is 16.2. The molecule has 5 nitrogen and oxygen atoms in total. The zero-order chi connectivity index (χ0) is 17.2. The topological polar surface area (TPSA) is 64.2 Å². The van der Waals surface area contributed by atoms with Crippen LogP contribution >= 0.6 is 0 Å². The second kappa shape index (κ2) is 6.43. The smallest absolute Gasteiger partial charge is 0.235 e. The molecule has 0 fully saturated rings. The molecule has 0 aliphatic carbocycles. The van der Waals surface area contributed by atoms with Gasteiger partial charge in [0.05, 0.1) is 0 Å². The Bertz CT molecular complexity index is 870. The van der Waals surface area contributed by atoms with Gasteiger partial charge in [0.15, 0.2) is 0 Å². The number of para-hydroxylation sites is 1. The van der Waals surface area contributed by atoms with Crippen LogP contribution in [-0.2, 0) is 17.8 Å². The van der Waals surface area contributed by atoms with Gasteiger partial charge in [0, 0.05) is 48.3 Å². The predicted octanol–water partition coefficient (Wildman–Crippen LogP) is 3.39. The third-order valence-electron chi connectivity index (χ3n) is 4.68. The quantitative estimate of drug-likeness (QED) is 0.748. The van der Waals surface area contributed by atoms with Gasteiger partial charge in [-0.1, -0.05) is 18.2 Å². The van der Waals surface area contributed by atoms with Gasteiger partial charge in [0.2, 0.25) is 5.91 Å². The molecule has 1 amide bonds. The first kappa shape index (κ1) is 15.4. The third-order valence-corrected chi connectivity index (χ3v) is 4.68. The summed E-state index contributed by atoms with van der Waals surface area (Å²) in [5.74, 6) is 1.01. The van der Waals surface area contributed by atoms with Gasteiger partial charge in [-0.15, -0.1) is 0 Å². The number of aromatic nitrogens is 2. The van der Waals surface area contributed by atoms with Crippen LogP contribution in [0.15, 0.2) is 67.0 Å². The Balaban J connectivity index is 1.68. The molecule has 0 saturated heterocycles. The lowest BCUT2D eigenvalue weighted by Crippen LogP contribution is -2.36. The van der Waals surface area contributed by atoms with E-state index in [0.717, 1.165) is 30.2 Å². The van der Waals surface area contributed by atoms with Crippen LogP contribution in [0.25, 0.3) is 0 Å². The first-order valence-electron chi connectivity index (χ1n) is 8.47. The summed E-state index contributed by atoms with van der Waals surface area (Å²) >= 11 is 0. The zero-order valence-corrected chi connectivity index (χ0v) is 13.9. The molecule has 0 spiro atoms. The summed E-state index contributed by atoms with van der Waals surface area (Å²) in [4.78, 5) is 19.5. The van der Waals surface area contributed by atoms with Gasteiger partial charge in [-0.2, -0.15) is 0 Å². The Hall–Kier alpha value is -3.08. The summed E-state index contributed by atoms with van der Waals surface area (Å²) in [6.07, 6.45) is 5.27. The lowest BCUT2D eigenvalue weighted by molar-refractivity contribution is -0.122. The van der Waals surface area contributed by atoms with E-state index in [2.05, 4.69) is 9.55 Å². The van der Waals surface area contributed by atoms with E-state index in [-0.39, 0.29) is 11.8 Å². The van der Waals surface area contributed by atoms with E-state index in [4.69, 9.17) is 5.73 Å². The first-order chi connectivity index (χ1) is 12.2. The Kier molecular flexibility index (Phi) is 3.98. The van der Waals surface area contributed by atoms with Crippen LogP contribution < -0.4 is 10.6 Å². The summed E-state index contributed by atoms with van der Waals surface area (Å²) < 4.78 is 2.12. The molecule has 2 N–H and O–H groups in total. The van der Waals surface area contributed by atoms with Crippen molar-refractivity contribution < 1.29 is 4.79 Å². The van der Waals surface area contributed by atoms with Crippen molar-refractivity contribution in [3.63, 3.8) is 0 Å². The molecule has 1 atom stereocenters. The lowest BCUT2D eigenvalue weighted by Gasteiger charge is -2.30. The molecule has 126 valence electrons. The van der Waals surface area contributed by atoms with Gasteiger partial charge < -0.3 is 10.3 Å². The van der Waals surface area contributed by atoms with E-state index in [9.17, 15) is 4.79 Å². The largest absolute Gasteiger partial charge is 0.399 e. The molecule has 2 aromatic carbocycles. The number of benzene rings is 2. The summed E-state index contributed by atoms with van der Waals surface area (Å²) in [6, 6.07) is 17.2. The molecule has 1 aromatic heterocycles. The highest BCUT2D eigenvalue weighted by molar-refractivity contribution is 6.02. The number of anilines is 3. The molecule has 1 unspecified atom stereocenters. The molecular weight excluding hydrogens is 312 g/mol. The fourth-order valence-electron chi connectivity index (χ4n) is 3.35. The molecule has 5 heteroatoms. The predicted molar refractivity (Wildman–Crippen MR) is 98.5 cm³/mol. The average Bonchev–Trinajstić information content (AvgIpc) is 3.12. The minimum Gasteiger partial charge on any atom is -0.399 e. The van der Waals surface area contributed by atoms with Crippen molar-refractivity contribution >= 4 is 23.0 Å². The number of nitrogen functional groups attached to an aromatic ring is 1. The molecule has 1 aliphatic rings. The van der Waals surface area contributed by atoms with Crippen LogP contribution in [0.1, 0.15) is 12.2 Å². The number of carbonyl (C=O) groups is 1. The molecule has 4 rings (SSSR count). The van der Waals surface area contributed by atoms with Crippen LogP contribution in [0.3, 0.4) is 0 Å². The number of amides is 1. The molecular formula is C20H20N4O. The van der Waals surface area contributed by atoms with Crippen molar-refractivity contribution in [2.24, 2.45) is 5.92 Å². The van der Waals surface area contributed by atoms with Gasteiger partial charge in [-0.05, 0) is 42.8 Å².